The Morgan fingerprint density at radius 2 is 2.09 bits per heavy atom. The molecule has 2 rings (SSSR count). The predicted molar refractivity (Wildman–Crippen MR) is 74.5 cm³/mol. The number of carbonyl (C=O) groups excluding carboxylic acids is 1. The summed E-state index contributed by atoms with van der Waals surface area (Å²) in [5.74, 6) is 0. The van der Waals surface area contributed by atoms with Crippen molar-refractivity contribution >= 4 is 21.9 Å². The Labute approximate surface area is 130 Å². The standard InChI is InChI=1S/C13H14F3NO5S/c1-23(19,20)21-6-5-11-8-17(12(18)22-11)10-4-2-3-9(7-10)13(14,15)16/h2-4,7,11H,5-6,8H2,1H3. The molecule has 23 heavy (non-hydrogen) atoms. The van der Waals surface area contributed by atoms with Crippen LogP contribution in [0.25, 0.3) is 0 Å². The summed E-state index contributed by atoms with van der Waals surface area (Å²) in [4.78, 5) is 12.8. The second-order valence-electron chi connectivity index (χ2n) is 4.98. The monoisotopic (exact) mass is 353 g/mol. The van der Waals surface area contributed by atoms with Gasteiger partial charge in [-0.05, 0) is 18.2 Å². The Bertz CT molecular complexity index is 689. The van der Waals surface area contributed by atoms with Gasteiger partial charge < -0.3 is 4.74 Å². The molecule has 0 spiro atoms. The van der Waals surface area contributed by atoms with E-state index in [9.17, 15) is 26.4 Å². The zero-order valence-electron chi connectivity index (χ0n) is 12.0. The van der Waals surface area contributed by atoms with Crippen molar-refractivity contribution in [3.05, 3.63) is 29.8 Å². The summed E-state index contributed by atoms with van der Waals surface area (Å²) in [6, 6.07) is 4.33. The maximum Gasteiger partial charge on any atom is 0.416 e. The molecule has 1 atom stereocenters. The Morgan fingerprint density at radius 1 is 1.39 bits per heavy atom. The van der Waals surface area contributed by atoms with E-state index in [0.717, 1.165) is 23.3 Å². The first-order chi connectivity index (χ1) is 10.6. The zero-order valence-corrected chi connectivity index (χ0v) is 12.9. The van der Waals surface area contributed by atoms with E-state index in [1.54, 1.807) is 0 Å². The third-order valence-electron chi connectivity index (χ3n) is 3.10. The van der Waals surface area contributed by atoms with Crippen LogP contribution in [0.4, 0.5) is 23.7 Å². The second-order valence-corrected chi connectivity index (χ2v) is 6.62. The third kappa shape index (κ3) is 4.83. The number of cyclic esters (lactones) is 1. The fraction of sp³-hybridized carbons (Fsp3) is 0.462. The molecule has 1 aliphatic heterocycles. The van der Waals surface area contributed by atoms with E-state index in [1.807, 2.05) is 0 Å². The lowest BCUT2D eigenvalue weighted by molar-refractivity contribution is -0.137. The van der Waals surface area contributed by atoms with Gasteiger partial charge in [-0.3, -0.25) is 9.08 Å². The topological polar surface area (TPSA) is 72.9 Å². The number of rotatable bonds is 5. The number of hydrogen-bond acceptors (Lipinski definition) is 5. The van der Waals surface area contributed by atoms with Gasteiger partial charge in [0.05, 0.1) is 25.0 Å². The van der Waals surface area contributed by atoms with Gasteiger partial charge in [-0.15, -0.1) is 0 Å². The summed E-state index contributed by atoms with van der Waals surface area (Å²) in [6.07, 6.45) is -4.94. The molecule has 0 aromatic heterocycles. The SMILES string of the molecule is CS(=O)(=O)OCCC1CN(c2cccc(C(F)(F)F)c2)C(=O)O1. The molecule has 1 amide bonds. The number of nitrogens with zero attached hydrogens (tertiary/aromatic N) is 1. The highest BCUT2D eigenvalue weighted by atomic mass is 32.2. The predicted octanol–water partition coefficient (Wildman–Crippen LogP) is 2.40. The summed E-state index contributed by atoms with van der Waals surface area (Å²) in [5, 5.41) is 0. The molecule has 0 aliphatic carbocycles. The van der Waals surface area contributed by atoms with Crippen LogP contribution in [0.5, 0.6) is 0 Å². The first kappa shape index (κ1) is 17.5. The molecule has 0 saturated carbocycles. The quantitative estimate of drug-likeness (QED) is 0.760. The van der Waals surface area contributed by atoms with E-state index in [0.29, 0.717) is 0 Å². The molecule has 1 fully saturated rings. The molecule has 1 saturated heterocycles. The Hall–Kier alpha value is -1.81. The van der Waals surface area contributed by atoms with Crippen LogP contribution in [-0.4, -0.2) is 40.0 Å². The molecule has 10 heteroatoms. The van der Waals surface area contributed by atoms with Crippen molar-refractivity contribution in [3.63, 3.8) is 0 Å². The molecule has 1 heterocycles. The van der Waals surface area contributed by atoms with E-state index in [2.05, 4.69) is 4.18 Å². The summed E-state index contributed by atoms with van der Waals surface area (Å²) in [5.41, 5.74) is -0.803. The number of benzene rings is 1. The van der Waals surface area contributed by atoms with Crippen molar-refractivity contribution in [2.75, 3.05) is 24.3 Å². The normalized spacial score (nSPS) is 19.0. The molecule has 0 N–H and O–H groups in total. The molecule has 6 nitrogen and oxygen atoms in total. The van der Waals surface area contributed by atoms with Gasteiger partial charge in [-0.1, -0.05) is 6.07 Å². The first-order valence-electron chi connectivity index (χ1n) is 6.56. The molecule has 1 aliphatic rings. The van der Waals surface area contributed by atoms with Crippen LogP contribution in [0.1, 0.15) is 12.0 Å². The highest BCUT2D eigenvalue weighted by Crippen LogP contribution is 2.32. The lowest BCUT2D eigenvalue weighted by Crippen LogP contribution is -2.25. The maximum atomic E-state index is 12.7. The average Bonchev–Trinajstić information content (AvgIpc) is 2.77. The molecular formula is C13H14F3NO5S. The number of carbonyl (C=O) groups is 1. The van der Waals surface area contributed by atoms with Crippen molar-refractivity contribution in [1.82, 2.24) is 0 Å². The Morgan fingerprint density at radius 3 is 2.70 bits per heavy atom. The van der Waals surface area contributed by atoms with Crippen LogP contribution in [0.2, 0.25) is 0 Å². The van der Waals surface area contributed by atoms with Crippen LogP contribution < -0.4 is 4.90 Å². The summed E-state index contributed by atoms with van der Waals surface area (Å²) in [6.45, 7) is -0.152. The maximum absolute atomic E-state index is 12.7. The van der Waals surface area contributed by atoms with Gasteiger partial charge in [-0.25, -0.2) is 4.79 Å². The lowest BCUT2D eigenvalue weighted by Gasteiger charge is -2.15. The van der Waals surface area contributed by atoms with Crippen molar-refractivity contribution in [1.29, 1.82) is 0 Å². The molecular weight excluding hydrogens is 339 g/mol. The number of ether oxygens (including phenoxy) is 1. The molecule has 0 radical (unpaired) electrons. The number of halogens is 3. The van der Waals surface area contributed by atoms with Crippen molar-refractivity contribution < 1.29 is 35.3 Å². The van der Waals surface area contributed by atoms with E-state index >= 15 is 0 Å². The van der Waals surface area contributed by atoms with Gasteiger partial charge in [0.1, 0.15) is 6.10 Å². The number of hydrogen-bond donors (Lipinski definition) is 0. The zero-order chi connectivity index (χ0) is 17.3. The number of anilines is 1. The lowest BCUT2D eigenvalue weighted by atomic mass is 10.1. The molecule has 1 unspecified atom stereocenters. The van der Waals surface area contributed by atoms with Crippen LogP contribution in [0, 0.1) is 0 Å². The van der Waals surface area contributed by atoms with Crippen molar-refractivity contribution in [3.8, 4) is 0 Å². The Kier molecular flexibility index (Phi) is 4.85. The fourth-order valence-electron chi connectivity index (χ4n) is 2.06. The summed E-state index contributed by atoms with van der Waals surface area (Å²) >= 11 is 0. The largest absolute Gasteiger partial charge is 0.444 e. The van der Waals surface area contributed by atoms with E-state index in [1.165, 1.54) is 12.1 Å². The van der Waals surface area contributed by atoms with Crippen LogP contribution in [0.3, 0.4) is 0 Å². The Balaban J connectivity index is 2.03. The minimum atomic E-state index is -4.51. The first-order valence-corrected chi connectivity index (χ1v) is 8.38. The van der Waals surface area contributed by atoms with Crippen molar-refractivity contribution in [2.24, 2.45) is 0 Å². The van der Waals surface area contributed by atoms with Crippen LogP contribution >= 0.6 is 0 Å². The minimum absolute atomic E-state index is 0.0211. The minimum Gasteiger partial charge on any atom is -0.444 e. The van der Waals surface area contributed by atoms with Gasteiger partial charge in [0.2, 0.25) is 0 Å². The molecule has 1 aromatic rings. The van der Waals surface area contributed by atoms with Gasteiger partial charge in [0.25, 0.3) is 10.1 Å². The van der Waals surface area contributed by atoms with E-state index in [4.69, 9.17) is 4.74 Å². The average molecular weight is 353 g/mol. The fourth-order valence-corrected chi connectivity index (χ4v) is 2.46. The van der Waals surface area contributed by atoms with Crippen LogP contribution in [-0.2, 0) is 25.2 Å². The second kappa shape index (κ2) is 6.36. The number of amides is 1. The van der Waals surface area contributed by atoms with E-state index < -0.39 is 34.1 Å². The molecule has 0 bridgehead atoms. The van der Waals surface area contributed by atoms with Gasteiger partial charge >= 0.3 is 12.3 Å². The van der Waals surface area contributed by atoms with Crippen LogP contribution in [0.15, 0.2) is 24.3 Å². The summed E-state index contributed by atoms with van der Waals surface area (Å²) in [7, 11) is -3.60. The van der Waals surface area contributed by atoms with Gasteiger partial charge in [0.15, 0.2) is 0 Å². The highest BCUT2D eigenvalue weighted by molar-refractivity contribution is 7.85. The molecule has 1 aromatic carbocycles. The number of alkyl halides is 3. The molecule has 128 valence electrons. The van der Waals surface area contributed by atoms with E-state index in [-0.39, 0.29) is 25.3 Å². The van der Waals surface area contributed by atoms with Crippen molar-refractivity contribution in [2.45, 2.75) is 18.7 Å². The highest BCUT2D eigenvalue weighted by Gasteiger charge is 2.35. The van der Waals surface area contributed by atoms with Gasteiger partial charge in [-0.2, -0.15) is 21.6 Å². The third-order valence-corrected chi connectivity index (χ3v) is 3.69. The van der Waals surface area contributed by atoms with Gasteiger partial charge in [0, 0.05) is 12.1 Å². The summed E-state index contributed by atoms with van der Waals surface area (Å²) < 4.78 is 69.3. The smallest absolute Gasteiger partial charge is 0.416 e.